The van der Waals surface area contributed by atoms with Crippen LogP contribution in [0.4, 0.5) is 0 Å². The molecule has 6 heteroatoms. The molecule has 0 aliphatic rings. The Morgan fingerprint density at radius 2 is 1.46 bits per heavy atom. The third-order valence-corrected chi connectivity index (χ3v) is 2.90. The van der Waals surface area contributed by atoms with E-state index < -0.39 is 10.1 Å². The van der Waals surface area contributed by atoms with Crippen LogP contribution in [0.1, 0.15) is 32.1 Å². The fraction of sp³-hybridized carbons (Fsp3) is 1.00. The van der Waals surface area contributed by atoms with Crippen molar-refractivity contribution < 1.29 is 13.0 Å². The van der Waals surface area contributed by atoms with Crippen molar-refractivity contribution in [3.63, 3.8) is 0 Å². The molecule has 0 fully saturated rings. The van der Waals surface area contributed by atoms with Gasteiger partial charge in [-0.25, -0.2) is 0 Å². The maximum absolute atomic E-state index is 10.3. The van der Waals surface area contributed by atoms with Crippen LogP contribution in [-0.2, 0) is 10.1 Å². The van der Waals surface area contributed by atoms with Gasteiger partial charge >= 0.3 is 29.6 Å². The van der Waals surface area contributed by atoms with Crippen LogP contribution in [0.25, 0.3) is 0 Å². The molecule has 0 amide bonds. The van der Waals surface area contributed by atoms with Crippen molar-refractivity contribution in [2.75, 3.05) is 11.1 Å². The van der Waals surface area contributed by atoms with Gasteiger partial charge in [0.25, 0.3) is 10.1 Å². The third-order valence-electron chi connectivity index (χ3n) is 1.54. The Morgan fingerprint density at radius 1 is 1.00 bits per heavy atom. The van der Waals surface area contributed by atoms with Crippen LogP contribution < -0.4 is 0 Å². The Bertz CT molecular complexity index is 194. The minimum atomic E-state index is -3.73. The van der Waals surface area contributed by atoms with Gasteiger partial charge in [-0.15, -0.1) is 0 Å². The van der Waals surface area contributed by atoms with Gasteiger partial charge in [-0.2, -0.15) is 8.42 Å². The molecule has 0 aromatic heterocycles. The fourth-order valence-electron chi connectivity index (χ4n) is 0.909. The predicted octanol–water partition coefficient (Wildman–Crippen LogP) is 1.57. The second kappa shape index (κ2) is 9.93. The molecule has 0 aromatic carbocycles. The van der Waals surface area contributed by atoms with Crippen LogP contribution in [0.5, 0.6) is 0 Å². The van der Waals surface area contributed by atoms with Crippen LogP contribution in [0.2, 0.25) is 0 Å². The zero-order chi connectivity index (χ0) is 9.45. The summed E-state index contributed by atoms with van der Waals surface area (Å²) in [6.45, 7) is 0. The SMILES string of the molecule is O=S(=O)(O)CCCCCCCBr.[NaH]. The van der Waals surface area contributed by atoms with Gasteiger partial charge in [0.1, 0.15) is 0 Å². The zero-order valence-electron chi connectivity index (χ0n) is 7.00. The predicted molar refractivity (Wildman–Crippen MR) is 60.4 cm³/mol. The molecule has 0 saturated heterocycles. The topological polar surface area (TPSA) is 54.4 Å². The van der Waals surface area contributed by atoms with Crippen LogP contribution in [0.15, 0.2) is 0 Å². The molecule has 0 unspecified atom stereocenters. The van der Waals surface area contributed by atoms with Gasteiger partial charge in [-0.3, -0.25) is 4.55 Å². The molecule has 0 atom stereocenters. The average Bonchev–Trinajstić information content (AvgIpc) is 1.94. The molecule has 0 heterocycles. The van der Waals surface area contributed by atoms with Crippen LogP contribution in [0, 0.1) is 0 Å². The van der Waals surface area contributed by atoms with Crippen molar-refractivity contribution in [1.29, 1.82) is 0 Å². The standard InChI is InChI=1S/C7H15BrO3S.Na.H/c8-6-4-2-1-3-5-7-12(9,10)11;;/h1-7H2,(H,9,10,11);;. The van der Waals surface area contributed by atoms with Gasteiger partial charge < -0.3 is 0 Å². The normalized spacial score (nSPS) is 10.9. The molecule has 0 spiro atoms. The summed E-state index contributed by atoms with van der Waals surface area (Å²) in [5.41, 5.74) is 0. The Hall–Kier alpha value is 1.39. The van der Waals surface area contributed by atoms with Gasteiger partial charge in [-0.05, 0) is 12.8 Å². The second-order valence-electron chi connectivity index (χ2n) is 2.74. The quantitative estimate of drug-likeness (QED) is 0.334. The number of hydrogen-bond donors (Lipinski definition) is 1. The molecule has 13 heavy (non-hydrogen) atoms. The number of unbranched alkanes of at least 4 members (excludes halogenated alkanes) is 4. The second-order valence-corrected chi connectivity index (χ2v) is 5.11. The molecular weight excluding hydrogens is 267 g/mol. The van der Waals surface area contributed by atoms with E-state index in [-0.39, 0.29) is 35.3 Å². The molecule has 0 saturated carbocycles. The Balaban J connectivity index is 0. The summed E-state index contributed by atoms with van der Waals surface area (Å²) < 4.78 is 28.9. The first-order chi connectivity index (χ1) is 5.56. The van der Waals surface area contributed by atoms with Crippen molar-refractivity contribution in [2.45, 2.75) is 32.1 Å². The number of hydrogen-bond acceptors (Lipinski definition) is 2. The van der Waals surface area contributed by atoms with Gasteiger partial charge in [0, 0.05) is 5.33 Å². The fourth-order valence-corrected chi connectivity index (χ4v) is 1.87. The van der Waals surface area contributed by atoms with Crippen LogP contribution in [-0.4, -0.2) is 53.6 Å². The van der Waals surface area contributed by atoms with Gasteiger partial charge in [0.15, 0.2) is 0 Å². The van der Waals surface area contributed by atoms with Gasteiger partial charge in [-0.1, -0.05) is 35.2 Å². The van der Waals surface area contributed by atoms with E-state index in [9.17, 15) is 8.42 Å². The summed E-state index contributed by atoms with van der Waals surface area (Å²) in [7, 11) is -3.73. The number of rotatable bonds is 7. The molecule has 0 bridgehead atoms. The maximum atomic E-state index is 10.3. The van der Waals surface area contributed by atoms with E-state index in [0.717, 1.165) is 31.0 Å². The van der Waals surface area contributed by atoms with Crippen molar-refractivity contribution in [2.24, 2.45) is 0 Å². The number of halogens is 1. The summed E-state index contributed by atoms with van der Waals surface area (Å²) in [4.78, 5) is 0. The molecule has 3 nitrogen and oxygen atoms in total. The summed E-state index contributed by atoms with van der Waals surface area (Å²) in [5.74, 6) is -0.0959. The van der Waals surface area contributed by atoms with E-state index in [1.54, 1.807) is 0 Å². The molecule has 1 N–H and O–H groups in total. The van der Waals surface area contributed by atoms with E-state index in [2.05, 4.69) is 15.9 Å². The monoisotopic (exact) mass is 282 g/mol. The molecule has 0 aliphatic heterocycles. The first-order valence-electron chi connectivity index (χ1n) is 4.07. The Morgan fingerprint density at radius 3 is 1.92 bits per heavy atom. The van der Waals surface area contributed by atoms with E-state index >= 15 is 0 Å². The van der Waals surface area contributed by atoms with Crippen molar-refractivity contribution in [3.05, 3.63) is 0 Å². The molecular formula is C7H16BrNaO3S. The summed E-state index contributed by atoms with van der Waals surface area (Å²) >= 11 is 3.31. The van der Waals surface area contributed by atoms with Crippen molar-refractivity contribution in [3.8, 4) is 0 Å². The van der Waals surface area contributed by atoms with Crippen molar-refractivity contribution >= 4 is 55.6 Å². The molecule has 76 valence electrons. The molecule has 0 aromatic rings. The van der Waals surface area contributed by atoms with E-state index in [0.29, 0.717) is 6.42 Å². The Labute approximate surface area is 111 Å². The number of alkyl halides is 1. The van der Waals surface area contributed by atoms with Gasteiger partial charge in [0.2, 0.25) is 0 Å². The van der Waals surface area contributed by atoms with Crippen LogP contribution in [0.3, 0.4) is 0 Å². The summed E-state index contributed by atoms with van der Waals surface area (Å²) in [6.07, 6.45) is 4.75. The minimum absolute atomic E-state index is 0. The summed E-state index contributed by atoms with van der Waals surface area (Å²) in [6, 6.07) is 0. The third kappa shape index (κ3) is 16.1. The van der Waals surface area contributed by atoms with Gasteiger partial charge in [0.05, 0.1) is 5.75 Å². The first kappa shape index (κ1) is 16.8. The molecule has 0 radical (unpaired) electrons. The van der Waals surface area contributed by atoms with Crippen molar-refractivity contribution in [1.82, 2.24) is 0 Å². The summed E-state index contributed by atoms with van der Waals surface area (Å²) in [5, 5.41) is 1.01. The average molecular weight is 283 g/mol. The van der Waals surface area contributed by atoms with E-state index in [4.69, 9.17) is 4.55 Å². The first-order valence-corrected chi connectivity index (χ1v) is 6.80. The zero-order valence-corrected chi connectivity index (χ0v) is 9.40. The van der Waals surface area contributed by atoms with E-state index in [1.807, 2.05) is 0 Å². The Kier molecular flexibility index (Phi) is 12.8. The molecule has 0 rings (SSSR count). The molecule has 0 aliphatic carbocycles. The van der Waals surface area contributed by atoms with E-state index in [1.165, 1.54) is 0 Å². The van der Waals surface area contributed by atoms with Crippen LogP contribution >= 0.6 is 15.9 Å².